The molecule has 1 aliphatic heterocycles. The Labute approximate surface area is 187 Å². The van der Waals surface area contributed by atoms with E-state index in [9.17, 15) is 4.79 Å². The van der Waals surface area contributed by atoms with Crippen LogP contribution in [0.15, 0.2) is 83.1 Å². The van der Waals surface area contributed by atoms with E-state index in [1.165, 1.54) is 11.8 Å². The lowest BCUT2D eigenvalue weighted by Gasteiger charge is -2.09. The Kier molecular flexibility index (Phi) is 5.19. The number of fused-ring (bicyclic) bond motifs is 1. The number of aromatic nitrogens is 3. The van der Waals surface area contributed by atoms with Gasteiger partial charge >= 0.3 is 0 Å². The van der Waals surface area contributed by atoms with Gasteiger partial charge in [-0.1, -0.05) is 23.7 Å². The minimum atomic E-state index is -0.294. The van der Waals surface area contributed by atoms with Gasteiger partial charge in [0.25, 0.3) is 5.91 Å². The zero-order valence-electron chi connectivity index (χ0n) is 16.0. The first kappa shape index (κ1) is 19.4. The van der Waals surface area contributed by atoms with E-state index in [-0.39, 0.29) is 5.91 Å². The summed E-state index contributed by atoms with van der Waals surface area (Å²) in [6.45, 7) is 0. The molecule has 0 saturated carbocycles. The summed E-state index contributed by atoms with van der Waals surface area (Å²) in [6.07, 6.45) is 6.94. The summed E-state index contributed by atoms with van der Waals surface area (Å²) >= 11 is 7.62. The van der Waals surface area contributed by atoms with E-state index < -0.39 is 0 Å². The van der Waals surface area contributed by atoms with Crippen LogP contribution in [-0.4, -0.2) is 26.0 Å². The highest BCUT2D eigenvalue weighted by molar-refractivity contribution is 8.18. The van der Waals surface area contributed by atoms with Crippen LogP contribution in [0.3, 0.4) is 0 Å². The van der Waals surface area contributed by atoms with E-state index in [1.807, 2.05) is 48.5 Å². The van der Waals surface area contributed by atoms with Crippen molar-refractivity contribution in [1.29, 1.82) is 0 Å². The Balaban J connectivity index is 1.37. The smallest absolute Gasteiger partial charge is 0.286 e. The number of carbonyl (C=O) groups excluding carboxylic acids is 1. The molecule has 4 aromatic rings. The zero-order chi connectivity index (χ0) is 21.2. The number of nitrogens with one attached hydrogen (secondary N) is 1. The van der Waals surface area contributed by atoms with Gasteiger partial charge < -0.3 is 5.32 Å². The molecule has 0 saturated heterocycles. The first-order valence-electron chi connectivity index (χ1n) is 9.37. The van der Waals surface area contributed by atoms with E-state index in [4.69, 9.17) is 11.6 Å². The lowest BCUT2D eigenvalue weighted by atomic mass is 10.1. The number of carbonyl (C=O) groups is 1. The molecule has 0 spiro atoms. The van der Waals surface area contributed by atoms with Gasteiger partial charge in [-0.15, -0.1) is 0 Å². The number of rotatable bonds is 3. The highest BCUT2D eigenvalue weighted by Gasteiger charge is 2.22. The van der Waals surface area contributed by atoms with Crippen molar-refractivity contribution in [3.63, 3.8) is 0 Å². The Morgan fingerprint density at radius 1 is 0.935 bits per heavy atom. The Morgan fingerprint density at radius 3 is 2.65 bits per heavy atom. The second kappa shape index (κ2) is 8.29. The van der Waals surface area contributed by atoms with Crippen molar-refractivity contribution in [3.8, 4) is 11.4 Å². The fourth-order valence-electron chi connectivity index (χ4n) is 3.12. The molecular formula is C23H14ClN5OS. The highest BCUT2D eigenvalue weighted by atomic mass is 35.5. The van der Waals surface area contributed by atoms with Crippen LogP contribution in [0.25, 0.3) is 28.4 Å². The predicted molar refractivity (Wildman–Crippen MR) is 126 cm³/mol. The van der Waals surface area contributed by atoms with E-state index in [1.54, 1.807) is 30.7 Å². The van der Waals surface area contributed by atoms with E-state index in [0.29, 0.717) is 26.6 Å². The summed E-state index contributed by atoms with van der Waals surface area (Å²) in [7, 11) is 0. The maximum atomic E-state index is 12.4. The second-order valence-corrected chi connectivity index (χ2v) is 8.12. The lowest BCUT2D eigenvalue weighted by molar-refractivity contribution is -0.113. The Hall–Kier alpha value is -3.55. The minimum Gasteiger partial charge on any atom is -0.333 e. The molecule has 6 nitrogen and oxygen atoms in total. The highest BCUT2D eigenvalue weighted by Crippen LogP contribution is 2.33. The number of benzene rings is 2. The van der Waals surface area contributed by atoms with Gasteiger partial charge in [0, 0.05) is 29.5 Å². The molecule has 8 heteroatoms. The standard InChI is InChI=1S/C23H14ClN5OS/c24-17-6-5-16(21-26-9-2-10-27-21)13-19(17)28-23-29-22(30)20(31-23)12-14-4-7-18-15(11-14)3-1-8-25-18/h1-13H,(H,28,29,30). The van der Waals surface area contributed by atoms with Crippen molar-refractivity contribution in [2.24, 2.45) is 4.99 Å². The number of amides is 1. The fourth-order valence-corrected chi connectivity index (χ4v) is 4.11. The third-order valence-corrected chi connectivity index (χ3v) is 5.81. The Bertz CT molecular complexity index is 1370. The van der Waals surface area contributed by atoms with Crippen molar-refractivity contribution < 1.29 is 4.79 Å². The van der Waals surface area contributed by atoms with Crippen LogP contribution in [0.4, 0.5) is 5.69 Å². The normalized spacial score (nSPS) is 14.8. The average molecular weight is 444 g/mol. The molecule has 0 fully saturated rings. The quantitative estimate of drug-likeness (QED) is 0.425. The van der Waals surface area contributed by atoms with Crippen LogP contribution < -0.4 is 5.32 Å². The van der Waals surface area contributed by atoms with Crippen molar-refractivity contribution in [1.82, 2.24) is 15.0 Å². The third kappa shape index (κ3) is 4.19. The zero-order valence-corrected chi connectivity index (χ0v) is 17.6. The van der Waals surface area contributed by atoms with Crippen molar-refractivity contribution in [2.75, 3.05) is 5.32 Å². The number of halogens is 1. The van der Waals surface area contributed by atoms with Gasteiger partial charge in [0.05, 0.1) is 21.1 Å². The number of pyridine rings is 1. The van der Waals surface area contributed by atoms with Gasteiger partial charge in [0.2, 0.25) is 0 Å². The number of aliphatic imine (C=N–C) groups is 1. The molecule has 5 rings (SSSR count). The molecule has 0 atom stereocenters. The predicted octanol–water partition coefficient (Wildman–Crippen LogP) is 5.43. The van der Waals surface area contributed by atoms with Gasteiger partial charge in [-0.05, 0) is 65.9 Å². The van der Waals surface area contributed by atoms with Gasteiger partial charge in [0.15, 0.2) is 11.0 Å². The monoisotopic (exact) mass is 443 g/mol. The maximum Gasteiger partial charge on any atom is 0.286 e. The van der Waals surface area contributed by atoms with Crippen molar-refractivity contribution in [2.45, 2.75) is 0 Å². The molecule has 2 aromatic heterocycles. The van der Waals surface area contributed by atoms with Crippen LogP contribution in [-0.2, 0) is 4.79 Å². The fraction of sp³-hybridized carbons (Fsp3) is 0. The number of hydrogen-bond acceptors (Lipinski definition) is 6. The van der Waals surface area contributed by atoms with Gasteiger partial charge in [0.1, 0.15) is 0 Å². The lowest BCUT2D eigenvalue weighted by Crippen LogP contribution is -2.05. The molecule has 1 N–H and O–H groups in total. The molecule has 31 heavy (non-hydrogen) atoms. The first-order chi connectivity index (χ1) is 15.2. The number of nitrogens with zero attached hydrogens (tertiary/aromatic N) is 4. The summed E-state index contributed by atoms with van der Waals surface area (Å²) in [5.41, 5.74) is 3.26. The number of hydrogen-bond donors (Lipinski definition) is 1. The summed E-state index contributed by atoms with van der Waals surface area (Å²) in [6, 6.07) is 16.9. The average Bonchev–Trinajstić information content (AvgIpc) is 3.14. The molecule has 2 aromatic carbocycles. The molecule has 0 unspecified atom stereocenters. The van der Waals surface area contributed by atoms with Gasteiger partial charge in [-0.25, -0.2) is 9.97 Å². The number of amidine groups is 1. The van der Waals surface area contributed by atoms with Crippen LogP contribution in [0.1, 0.15) is 5.56 Å². The summed E-state index contributed by atoms with van der Waals surface area (Å²) in [5.74, 6) is 0.295. The summed E-state index contributed by atoms with van der Waals surface area (Å²) < 4.78 is 0. The molecule has 150 valence electrons. The largest absolute Gasteiger partial charge is 0.333 e. The number of anilines is 1. The van der Waals surface area contributed by atoms with Gasteiger partial charge in [-0.3, -0.25) is 9.78 Å². The SMILES string of the molecule is O=C1N=C(Nc2cc(-c3ncccn3)ccc2Cl)SC1=Cc1ccc2ncccc2c1. The molecule has 0 aliphatic carbocycles. The topological polar surface area (TPSA) is 80.1 Å². The molecular weight excluding hydrogens is 430 g/mol. The molecule has 1 aliphatic rings. The summed E-state index contributed by atoms with van der Waals surface area (Å²) in [5, 5.41) is 5.13. The maximum absolute atomic E-state index is 12.4. The Morgan fingerprint density at radius 2 is 1.77 bits per heavy atom. The molecule has 1 amide bonds. The van der Waals surface area contributed by atoms with Gasteiger partial charge in [-0.2, -0.15) is 4.99 Å². The van der Waals surface area contributed by atoms with Crippen molar-refractivity contribution >= 4 is 57.1 Å². The second-order valence-electron chi connectivity index (χ2n) is 6.68. The molecule has 0 bridgehead atoms. The van der Waals surface area contributed by atoms with Crippen LogP contribution in [0, 0.1) is 0 Å². The summed E-state index contributed by atoms with van der Waals surface area (Å²) in [4.78, 5) is 29.9. The number of thioether (sulfide) groups is 1. The third-order valence-electron chi connectivity index (χ3n) is 4.58. The minimum absolute atomic E-state index is 0.294. The molecule has 0 radical (unpaired) electrons. The van der Waals surface area contributed by atoms with E-state index in [0.717, 1.165) is 22.0 Å². The van der Waals surface area contributed by atoms with E-state index in [2.05, 4.69) is 25.3 Å². The van der Waals surface area contributed by atoms with Crippen molar-refractivity contribution in [3.05, 3.63) is 88.7 Å². The van der Waals surface area contributed by atoms with Crippen LogP contribution in [0.2, 0.25) is 5.02 Å². The van der Waals surface area contributed by atoms with Crippen LogP contribution in [0.5, 0.6) is 0 Å². The van der Waals surface area contributed by atoms with E-state index >= 15 is 0 Å². The molecule has 3 heterocycles. The van der Waals surface area contributed by atoms with Crippen LogP contribution >= 0.6 is 23.4 Å². The first-order valence-corrected chi connectivity index (χ1v) is 10.6.